The molecular weight excluding hydrogens is 222 g/mol. The molecule has 0 aliphatic carbocycles. The van der Waals surface area contributed by atoms with Crippen LogP contribution in [-0.2, 0) is 14.3 Å². The van der Waals surface area contributed by atoms with E-state index in [0.29, 0.717) is 19.5 Å². The number of hydrogen-bond donors (Lipinski definition) is 1. The second-order valence-electron chi connectivity index (χ2n) is 3.78. The highest BCUT2D eigenvalue weighted by molar-refractivity contribution is 7.86. The SMILES string of the molecule is C[C@@H](OS(C)(=O)=O)[C@H]1CCN(C(=O)O)C1. The molecule has 1 N–H and O–H groups in total. The van der Waals surface area contributed by atoms with Crippen molar-refractivity contribution in [2.24, 2.45) is 5.92 Å². The first-order valence-electron chi connectivity index (χ1n) is 4.65. The molecule has 1 aliphatic heterocycles. The molecule has 7 heteroatoms. The number of likely N-dealkylation sites (tertiary alicyclic amines) is 1. The number of amides is 1. The normalized spacial score (nSPS) is 24.1. The van der Waals surface area contributed by atoms with Crippen LogP contribution in [0.2, 0.25) is 0 Å². The predicted octanol–water partition coefficient (Wildman–Crippen LogP) is 0.351. The average molecular weight is 237 g/mol. The number of hydrogen-bond acceptors (Lipinski definition) is 4. The third kappa shape index (κ3) is 3.67. The van der Waals surface area contributed by atoms with Gasteiger partial charge >= 0.3 is 6.09 Å². The molecule has 1 aliphatic rings. The van der Waals surface area contributed by atoms with E-state index < -0.39 is 22.3 Å². The van der Waals surface area contributed by atoms with Crippen LogP contribution in [0.25, 0.3) is 0 Å². The van der Waals surface area contributed by atoms with Gasteiger partial charge in [-0.15, -0.1) is 0 Å². The third-order valence-electron chi connectivity index (χ3n) is 2.49. The molecule has 88 valence electrons. The summed E-state index contributed by atoms with van der Waals surface area (Å²) in [5.74, 6) is -0.0455. The summed E-state index contributed by atoms with van der Waals surface area (Å²) in [5, 5.41) is 8.71. The summed E-state index contributed by atoms with van der Waals surface area (Å²) >= 11 is 0. The number of rotatable bonds is 3. The smallest absolute Gasteiger partial charge is 0.407 e. The highest BCUT2D eigenvalue weighted by Gasteiger charge is 2.31. The van der Waals surface area contributed by atoms with Crippen LogP contribution in [-0.4, -0.2) is 50.0 Å². The predicted molar refractivity (Wildman–Crippen MR) is 53.1 cm³/mol. The summed E-state index contributed by atoms with van der Waals surface area (Å²) in [4.78, 5) is 11.9. The Morgan fingerprint density at radius 3 is 2.60 bits per heavy atom. The maximum Gasteiger partial charge on any atom is 0.407 e. The van der Waals surface area contributed by atoms with Crippen molar-refractivity contribution in [3.63, 3.8) is 0 Å². The van der Waals surface area contributed by atoms with Gasteiger partial charge in [0, 0.05) is 19.0 Å². The Kier molecular flexibility index (Phi) is 3.56. The summed E-state index contributed by atoms with van der Waals surface area (Å²) in [6.07, 6.45) is 0.199. The fraction of sp³-hybridized carbons (Fsp3) is 0.875. The van der Waals surface area contributed by atoms with Crippen LogP contribution in [0.5, 0.6) is 0 Å². The average Bonchev–Trinajstić information content (AvgIpc) is 2.47. The molecule has 1 amide bonds. The van der Waals surface area contributed by atoms with Crippen LogP contribution in [0.1, 0.15) is 13.3 Å². The topological polar surface area (TPSA) is 83.9 Å². The van der Waals surface area contributed by atoms with Crippen molar-refractivity contribution in [3.05, 3.63) is 0 Å². The second-order valence-corrected chi connectivity index (χ2v) is 5.38. The molecular formula is C8H15NO5S. The van der Waals surface area contributed by atoms with Crippen molar-refractivity contribution in [3.8, 4) is 0 Å². The van der Waals surface area contributed by atoms with E-state index in [1.807, 2.05) is 0 Å². The van der Waals surface area contributed by atoms with E-state index in [2.05, 4.69) is 0 Å². The number of carboxylic acid groups (broad SMARTS) is 1. The number of carbonyl (C=O) groups is 1. The van der Waals surface area contributed by atoms with Crippen molar-refractivity contribution in [1.82, 2.24) is 4.90 Å². The van der Waals surface area contributed by atoms with Crippen LogP contribution in [0, 0.1) is 5.92 Å². The van der Waals surface area contributed by atoms with E-state index in [1.54, 1.807) is 6.92 Å². The molecule has 0 aromatic rings. The van der Waals surface area contributed by atoms with E-state index in [-0.39, 0.29) is 5.92 Å². The van der Waals surface area contributed by atoms with Gasteiger partial charge < -0.3 is 10.0 Å². The summed E-state index contributed by atoms with van der Waals surface area (Å²) in [7, 11) is -3.46. The summed E-state index contributed by atoms with van der Waals surface area (Å²) in [5.41, 5.74) is 0. The maximum absolute atomic E-state index is 10.9. The fourth-order valence-corrected chi connectivity index (χ4v) is 2.41. The van der Waals surface area contributed by atoms with E-state index in [0.717, 1.165) is 6.26 Å². The molecule has 15 heavy (non-hydrogen) atoms. The van der Waals surface area contributed by atoms with Crippen molar-refractivity contribution in [2.45, 2.75) is 19.4 Å². The minimum atomic E-state index is -3.46. The van der Waals surface area contributed by atoms with Crippen LogP contribution in [0.15, 0.2) is 0 Å². The van der Waals surface area contributed by atoms with Gasteiger partial charge in [0.2, 0.25) is 0 Å². The monoisotopic (exact) mass is 237 g/mol. The van der Waals surface area contributed by atoms with Gasteiger partial charge in [0.05, 0.1) is 12.4 Å². The van der Waals surface area contributed by atoms with Gasteiger partial charge in [-0.05, 0) is 13.3 Å². The van der Waals surface area contributed by atoms with Crippen molar-refractivity contribution in [1.29, 1.82) is 0 Å². The van der Waals surface area contributed by atoms with Crippen LogP contribution >= 0.6 is 0 Å². The van der Waals surface area contributed by atoms with E-state index in [9.17, 15) is 13.2 Å². The molecule has 6 nitrogen and oxygen atoms in total. The standard InChI is InChI=1S/C8H15NO5S/c1-6(14-15(2,12)13)7-3-4-9(5-7)8(10)11/h6-7H,3-5H2,1-2H3,(H,10,11)/t6-,7+/m1/s1. The molecule has 0 aromatic heterocycles. The molecule has 2 atom stereocenters. The Labute approximate surface area is 89.0 Å². The summed E-state index contributed by atoms with van der Waals surface area (Å²) < 4.78 is 26.5. The van der Waals surface area contributed by atoms with Gasteiger partial charge in [-0.1, -0.05) is 0 Å². The third-order valence-corrected chi connectivity index (χ3v) is 3.14. The second kappa shape index (κ2) is 4.36. The Balaban J connectivity index is 2.50. The minimum absolute atomic E-state index is 0.0455. The Morgan fingerprint density at radius 2 is 2.20 bits per heavy atom. The van der Waals surface area contributed by atoms with Gasteiger partial charge in [0.25, 0.3) is 10.1 Å². The Morgan fingerprint density at radius 1 is 1.60 bits per heavy atom. The zero-order chi connectivity index (χ0) is 11.6. The first-order chi connectivity index (χ1) is 6.79. The lowest BCUT2D eigenvalue weighted by Crippen LogP contribution is -2.30. The lowest BCUT2D eigenvalue weighted by molar-refractivity contribution is 0.140. The highest BCUT2D eigenvalue weighted by atomic mass is 32.2. The van der Waals surface area contributed by atoms with Crippen LogP contribution < -0.4 is 0 Å². The van der Waals surface area contributed by atoms with Gasteiger partial charge in [-0.2, -0.15) is 8.42 Å². The molecule has 0 unspecified atom stereocenters. The van der Waals surface area contributed by atoms with Crippen molar-refractivity contribution >= 4 is 16.2 Å². The van der Waals surface area contributed by atoms with Gasteiger partial charge in [-0.3, -0.25) is 4.18 Å². The van der Waals surface area contributed by atoms with E-state index in [1.165, 1.54) is 4.90 Å². The van der Waals surface area contributed by atoms with Crippen LogP contribution in [0.4, 0.5) is 4.79 Å². The van der Waals surface area contributed by atoms with Gasteiger partial charge in [-0.25, -0.2) is 4.79 Å². The molecule has 0 spiro atoms. The quantitative estimate of drug-likeness (QED) is 0.716. The largest absolute Gasteiger partial charge is 0.465 e. The molecule has 1 fully saturated rings. The first kappa shape index (κ1) is 12.3. The van der Waals surface area contributed by atoms with Crippen molar-refractivity contribution in [2.75, 3.05) is 19.3 Å². The number of nitrogens with zero attached hydrogens (tertiary/aromatic N) is 1. The fourth-order valence-electron chi connectivity index (χ4n) is 1.70. The summed E-state index contributed by atoms with van der Waals surface area (Å²) in [6.45, 7) is 2.43. The molecule has 0 bridgehead atoms. The first-order valence-corrected chi connectivity index (χ1v) is 6.47. The van der Waals surface area contributed by atoms with Crippen molar-refractivity contribution < 1.29 is 22.5 Å². The minimum Gasteiger partial charge on any atom is -0.465 e. The molecule has 0 radical (unpaired) electrons. The maximum atomic E-state index is 10.9. The Bertz CT molecular complexity index is 339. The molecule has 1 heterocycles. The zero-order valence-electron chi connectivity index (χ0n) is 8.71. The van der Waals surface area contributed by atoms with E-state index >= 15 is 0 Å². The van der Waals surface area contributed by atoms with E-state index in [4.69, 9.17) is 9.29 Å². The molecule has 0 saturated carbocycles. The van der Waals surface area contributed by atoms with Crippen LogP contribution in [0.3, 0.4) is 0 Å². The zero-order valence-corrected chi connectivity index (χ0v) is 9.53. The van der Waals surface area contributed by atoms with Gasteiger partial charge in [0.15, 0.2) is 0 Å². The van der Waals surface area contributed by atoms with Gasteiger partial charge in [0.1, 0.15) is 0 Å². The molecule has 0 aromatic carbocycles. The lowest BCUT2D eigenvalue weighted by atomic mass is 10.0. The summed E-state index contributed by atoms with van der Waals surface area (Å²) in [6, 6.07) is 0. The highest BCUT2D eigenvalue weighted by Crippen LogP contribution is 2.22. The Hall–Kier alpha value is -0.820. The lowest BCUT2D eigenvalue weighted by Gasteiger charge is -2.18. The molecule has 1 rings (SSSR count). The molecule has 1 saturated heterocycles.